The first-order valence-electron chi connectivity index (χ1n) is 6.32. The summed E-state index contributed by atoms with van der Waals surface area (Å²) in [5.41, 5.74) is 0.971. The van der Waals surface area contributed by atoms with Gasteiger partial charge in [0.2, 0.25) is 10.0 Å². The van der Waals surface area contributed by atoms with Crippen LogP contribution >= 0.6 is 0 Å². The van der Waals surface area contributed by atoms with Crippen LogP contribution in [0.25, 0.3) is 0 Å². The molecule has 0 unspecified atom stereocenters. The van der Waals surface area contributed by atoms with E-state index in [-0.39, 0.29) is 24.5 Å². The van der Waals surface area contributed by atoms with Crippen molar-refractivity contribution in [2.24, 2.45) is 0 Å². The lowest BCUT2D eigenvalue weighted by molar-refractivity contribution is 0.0696. The van der Waals surface area contributed by atoms with Crippen LogP contribution in [-0.4, -0.2) is 45.0 Å². The molecule has 0 radical (unpaired) electrons. The van der Waals surface area contributed by atoms with Gasteiger partial charge in [-0.3, -0.25) is 0 Å². The normalized spacial score (nSPS) is 11.4. The summed E-state index contributed by atoms with van der Waals surface area (Å²) < 4.78 is 30.6. The summed E-state index contributed by atoms with van der Waals surface area (Å²) in [6.45, 7) is 2.69. The number of carboxylic acid groups (broad SMARTS) is 1. The quantitative estimate of drug-likeness (QED) is 0.661. The highest BCUT2D eigenvalue weighted by molar-refractivity contribution is 7.89. The molecule has 1 aromatic rings. The number of carbonyl (C=O) groups is 1. The number of rotatable bonds is 9. The van der Waals surface area contributed by atoms with E-state index in [0.29, 0.717) is 13.0 Å². The van der Waals surface area contributed by atoms with E-state index in [9.17, 15) is 13.2 Å². The van der Waals surface area contributed by atoms with E-state index in [0.717, 1.165) is 5.56 Å². The third-order valence-corrected chi connectivity index (χ3v) is 3.96. The van der Waals surface area contributed by atoms with E-state index in [1.165, 1.54) is 12.1 Å². The van der Waals surface area contributed by atoms with E-state index in [1.54, 1.807) is 19.1 Å². The van der Waals surface area contributed by atoms with E-state index in [1.807, 2.05) is 0 Å². The molecule has 112 valence electrons. The molecule has 0 atom stereocenters. The van der Waals surface area contributed by atoms with Crippen LogP contribution in [-0.2, 0) is 21.2 Å². The molecule has 0 aromatic heterocycles. The van der Waals surface area contributed by atoms with Gasteiger partial charge in [-0.25, -0.2) is 17.9 Å². The second-order valence-electron chi connectivity index (χ2n) is 4.17. The van der Waals surface area contributed by atoms with Crippen molar-refractivity contribution in [3.05, 3.63) is 35.4 Å². The first-order chi connectivity index (χ1) is 9.44. The van der Waals surface area contributed by atoms with Gasteiger partial charge in [0.25, 0.3) is 0 Å². The van der Waals surface area contributed by atoms with Crippen molar-refractivity contribution < 1.29 is 23.1 Å². The van der Waals surface area contributed by atoms with Crippen LogP contribution in [0.4, 0.5) is 0 Å². The molecule has 1 rings (SSSR count). The third kappa shape index (κ3) is 6.14. The number of carboxylic acids is 1. The molecule has 0 aliphatic heterocycles. The van der Waals surface area contributed by atoms with E-state index >= 15 is 0 Å². The van der Waals surface area contributed by atoms with Gasteiger partial charge in [0.1, 0.15) is 0 Å². The molecule has 0 fully saturated rings. The Balaban J connectivity index is 2.44. The Bertz CT molecular complexity index is 541. The molecule has 7 heteroatoms. The average molecular weight is 301 g/mol. The lowest BCUT2D eigenvalue weighted by atomic mass is 10.1. The zero-order valence-corrected chi connectivity index (χ0v) is 12.1. The van der Waals surface area contributed by atoms with E-state index < -0.39 is 16.0 Å². The Hall–Kier alpha value is -1.44. The minimum Gasteiger partial charge on any atom is -0.478 e. The predicted octanol–water partition coefficient (Wildman–Crippen LogP) is 0.883. The van der Waals surface area contributed by atoms with Gasteiger partial charge in [-0.2, -0.15) is 0 Å². The maximum Gasteiger partial charge on any atom is 0.335 e. The molecule has 20 heavy (non-hydrogen) atoms. The number of aromatic carboxylic acids is 1. The number of nitrogens with one attached hydrogen (secondary N) is 1. The van der Waals surface area contributed by atoms with Crippen molar-refractivity contribution in [1.29, 1.82) is 0 Å². The van der Waals surface area contributed by atoms with Crippen molar-refractivity contribution in [2.75, 3.05) is 25.5 Å². The second kappa shape index (κ2) is 7.98. The van der Waals surface area contributed by atoms with E-state index in [2.05, 4.69) is 4.72 Å². The number of sulfonamides is 1. The van der Waals surface area contributed by atoms with Gasteiger partial charge in [-0.1, -0.05) is 12.1 Å². The number of hydrogen-bond acceptors (Lipinski definition) is 4. The molecule has 2 N–H and O–H groups in total. The second-order valence-corrected chi connectivity index (χ2v) is 6.09. The van der Waals surface area contributed by atoms with Crippen LogP contribution < -0.4 is 4.72 Å². The highest BCUT2D eigenvalue weighted by Gasteiger charge is 2.09. The number of hydrogen-bond donors (Lipinski definition) is 2. The summed E-state index contributed by atoms with van der Waals surface area (Å²) in [5.74, 6) is -1.07. The summed E-state index contributed by atoms with van der Waals surface area (Å²) >= 11 is 0. The maximum atomic E-state index is 11.6. The highest BCUT2D eigenvalue weighted by Crippen LogP contribution is 2.05. The summed E-state index contributed by atoms with van der Waals surface area (Å²) in [7, 11) is -3.34. The fourth-order valence-corrected chi connectivity index (χ4v) is 2.49. The molecule has 0 saturated heterocycles. The number of benzene rings is 1. The lowest BCUT2D eigenvalue weighted by Gasteiger charge is -2.07. The van der Waals surface area contributed by atoms with Crippen molar-refractivity contribution in [1.82, 2.24) is 4.72 Å². The SMILES string of the molecule is CCOCCS(=O)(=O)NCCc1cccc(C(=O)O)c1. The fourth-order valence-electron chi connectivity index (χ4n) is 1.60. The van der Waals surface area contributed by atoms with Crippen LogP contribution in [0.1, 0.15) is 22.8 Å². The minimum atomic E-state index is -3.34. The Morgan fingerprint density at radius 1 is 1.40 bits per heavy atom. The molecule has 1 aromatic carbocycles. The topological polar surface area (TPSA) is 92.7 Å². The maximum absolute atomic E-state index is 11.6. The smallest absolute Gasteiger partial charge is 0.335 e. The molecular weight excluding hydrogens is 282 g/mol. The Labute approximate surface area is 118 Å². The Kier molecular flexibility index (Phi) is 6.63. The first kappa shape index (κ1) is 16.6. The van der Waals surface area contributed by atoms with Gasteiger partial charge in [0.15, 0.2) is 0 Å². The van der Waals surface area contributed by atoms with Crippen molar-refractivity contribution >= 4 is 16.0 Å². The van der Waals surface area contributed by atoms with Crippen LogP contribution in [0, 0.1) is 0 Å². The van der Waals surface area contributed by atoms with E-state index in [4.69, 9.17) is 9.84 Å². The van der Waals surface area contributed by atoms with Crippen molar-refractivity contribution in [2.45, 2.75) is 13.3 Å². The van der Waals surface area contributed by atoms with Crippen molar-refractivity contribution in [3.63, 3.8) is 0 Å². The molecule has 0 amide bonds. The van der Waals surface area contributed by atoms with Crippen LogP contribution in [0.2, 0.25) is 0 Å². The molecule has 6 nitrogen and oxygen atoms in total. The first-order valence-corrected chi connectivity index (χ1v) is 7.97. The molecule has 0 aliphatic rings. The number of ether oxygens (including phenoxy) is 1. The Morgan fingerprint density at radius 3 is 2.80 bits per heavy atom. The standard InChI is InChI=1S/C13H19NO5S/c1-2-19-8-9-20(17,18)14-7-6-11-4-3-5-12(10-11)13(15)16/h3-5,10,14H,2,6-9H2,1H3,(H,15,16). The van der Waals surface area contributed by atoms with Gasteiger partial charge in [-0.05, 0) is 31.0 Å². The summed E-state index contributed by atoms with van der Waals surface area (Å²) in [6.07, 6.45) is 0.439. The Morgan fingerprint density at radius 2 is 2.15 bits per heavy atom. The van der Waals surface area contributed by atoms with Gasteiger partial charge < -0.3 is 9.84 Å². The summed E-state index contributed by atoms with van der Waals surface area (Å²) in [5, 5.41) is 8.86. The van der Waals surface area contributed by atoms with Crippen LogP contribution in [0.3, 0.4) is 0 Å². The van der Waals surface area contributed by atoms with Crippen molar-refractivity contribution in [3.8, 4) is 0 Å². The lowest BCUT2D eigenvalue weighted by Crippen LogP contribution is -2.30. The van der Waals surface area contributed by atoms with Gasteiger partial charge >= 0.3 is 5.97 Å². The third-order valence-electron chi connectivity index (χ3n) is 2.61. The van der Waals surface area contributed by atoms with Gasteiger partial charge in [-0.15, -0.1) is 0 Å². The zero-order valence-electron chi connectivity index (χ0n) is 11.3. The largest absolute Gasteiger partial charge is 0.478 e. The summed E-state index contributed by atoms with van der Waals surface area (Å²) in [4.78, 5) is 10.8. The fraction of sp³-hybridized carbons (Fsp3) is 0.462. The molecule has 0 aliphatic carbocycles. The van der Waals surface area contributed by atoms with Gasteiger partial charge in [0.05, 0.1) is 17.9 Å². The van der Waals surface area contributed by atoms with Crippen LogP contribution in [0.5, 0.6) is 0 Å². The highest BCUT2D eigenvalue weighted by atomic mass is 32.2. The van der Waals surface area contributed by atoms with Gasteiger partial charge in [0, 0.05) is 13.2 Å². The summed E-state index contributed by atoms with van der Waals surface area (Å²) in [6, 6.07) is 6.44. The predicted molar refractivity (Wildman–Crippen MR) is 75.4 cm³/mol. The molecule has 0 heterocycles. The molecule has 0 bridgehead atoms. The minimum absolute atomic E-state index is 0.0734. The monoisotopic (exact) mass is 301 g/mol. The van der Waals surface area contributed by atoms with Crippen LogP contribution in [0.15, 0.2) is 24.3 Å². The molecular formula is C13H19NO5S. The molecule has 0 saturated carbocycles. The zero-order chi connectivity index (χ0) is 15.0. The average Bonchev–Trinajstić information content (AvgIpc) is 2.39. The molecule has 0 spiro atoms.